The monoisotopic (exact) mass is 159 g/mol. The van der Waals surface area contributed by atoms with E-state index < -0.39 is 0 Å². The van der Waals surface area contributed by atoms with Crippen LogP contribution < -0.4 is 5.32 Å². The Morgan fingerprint density at radius 1 is 1.55 bits per heavy atom. The highest BCUT2D eigenvalue weighted by Crippen LogP contribution is 2.16. The molecule has 66 valence electrons. The number of likely N-dealkylation sites (N-methyl/N-ethyl adjacent to an activating group) is 1. The topological polar surface area (TPSA) is 30.5 Å². The molecule has 0 aliphatic carbocycles. The number of ether oxygens (including phenoxy) is 2. The van der Waals surface area contributed by atoms with Crippen LogP contribution in [0.2, 0.25) is 0 Å². The fourth-order valence-corrected chi connectivity index (χ4v) is 1.07. The molecule has 0 aromatic carbocycles. The van der Waals surface area contributed by atoms with Gasteiger partial charge in [0.2, 0.25) is 0 Å². The molecule has 0 spiro atoms. The van der Waals surface area contributed by atoms with Gasteiger partial charge in [-0.15, -0.1) is 0 Å². The molecule has 1 N–H and O–H groups in total. The lowest BCUT2D eigenvalue weighted by Crippen LogP contribution is -2.45. The first-order valence-corrected chi connectivity index (χ1v) is 4.04. The van der Waals surface area contributed by atoms with Crippen LogP contribution in [0.1, 0.15) is 13.8 Å². The van der Waals surface area contributed by atoms with E-state index in [1.165, 1.54) is 0 Å². The molecular formula is C8H17NO2. The fraction of sp³-hybridized carbons (Fsp3) is 1.00. The molecule has 3 heteroatoms. The third-order valence-electron chi connectivity index (χ3n) is 1.76. The second-order valence-corrected chi connectivity index (χ2v) is 3.56. The Hall–Kier alpha value is -0.120. The maximum atomic E-state index is 5.57. The first kappa shape index (κ1) is 8.97. The molecule has 1 aliphatic heterocycles. The predicted molar refractivity (Wildman–Crippen MR) is 43.7 cm³/mol. The molecular weight excluding hydrogens is 142 g/mol. The zero-order valence-corrected chi connectivity index (χ0v) is 7.52. The van der Waals surface area contributed by atoms with Crippen molar-refractivity contribution in [2.75, 3.05) is 26.8 Å². The van der Waals surface area contributed by atoms with E-state index in [1.54, 1.807) is 0 Å². The molecule has 1 atom stereocenters. The zero-order chi connectivity index (χ0) is 8.32. The summed E-state index contributed by atoms with van der Waals surface area (Å²) in [4.78, 5) is 0. The fourth-order valence-electron chi connectivity index (χ4n) is 1.07. The summed E-state index contributed by atoms with van der Waals surface area (Å²) in [6, 6.07) is 0. The molecule has 0 saturated carbocycles. The molecule has 3 nitrogen and oxygen atoms in total. The van der Waals surface area contributed by atoms with Gasteiger partial charge in [-0.1, -0.05) is 0 Å². The predicted octanol–water partition coefficient (Wildman–Crippen LogP) is 0.400. The minimum Gasteiger partial charge on any atom is -0.372 e. The first-order chi connectivity index (χ1) is 5.14. The van der Waals surface area contributed by atoms with Crippen molar-refractivity contribution in [3.8, 4) is 0 Å². The summed E-state index contributed by atoms with van der Waals surface area (Å²) in [5.74, 6) is 0. The molecule has 1 fully saturated rings. The second-order valence-electron chi connectivity index (χ2n) is 3.56. The van der Waals surface area contributed by atoms with Crippen LogP contribution in [0.4, 0.5) is 0 Å². The molecule has 1 rings (SSSR count). The molecule has 1 saturated heterocycles. The van der Waals surface area contributed by atoms with Crippen LogP contribution in [-0.4, -0.2) is 38.5 Å². The average Bonchev–Trinajstić information content (AvgIpc) is 1.94. The van der Waals surface area contributed by atoms with Crippen molar-refractivity contribution in [2.24, 2.45) is 0 Å². The van der Waals surface area contributed by atoms with Crippen LogP contribution in [0.25, 0.3) is 0 Å². The van der Waals surface area contributed by atoms with Crippen LogP contribution in [0.15, 0.2) is 0 Å². The summed E-state index contributed by atoms with van der Waals surface area (Å²) in [7, 11) is 1.92. The van der Waals surface area contributed by atoms with Crippen molar-refractivity contribution in [3.63, 3.8) is 0 Å². The molecule has 11 heavy (non-hydrogen) atoms. The Bertz CT molecular complexity index is 115. The smallest absolute Gasteiger partial charge is 0.0934 e. The van der Waals surface area contributed by atoms with Crippen molar-refractivity contribution in [1.29, 1.82) is 0 Å². The first-order valence-electron chi connectivity index (χ1n) is 4.04. The Morgan fingerprint density at radius 2 is 2.27 bits per heavy atom. The van der Waals surface area contributed by atoms with Gasteiger partial charge in [-0.05, 0) is 20.9 Å². The Kier molecular flexibility index (Phi) is 2.87. The van der Waals surface area contributed by atoms with Crippen molar-refractivity contribution in [3.05, 3.63) is 0 Å². The van der Waals surface area contributed by atoms with Crippen LogP contribution in [0.5, 0.6) is 0 Å². The number of nitrogens with one attached hydrogen (secondary N) is 1. The lowest BCUT2D eigenvalue weighted by molar-refractivity contribution is -0.172. The van der Waals surface area contributed by atoms with Crippen molar-refractivity contribution < 1.29 is 9.47 Å². The maximum absolute atomic E-state index is 5.57. The SMILES string of the molecule is CNCC1COC(C)(C)CO1. The highest BCUT2D eigenvalue weighted by atomic mass is 16.6. The summed E-state index contributed by atoms with van der Waals surface area (Å²) in [6.45, 7) is 6.36. The van der Waals surface area contributed by atoms with Gasteiger partial charge in [0, 0.05) is 6.54 Å². The number of hydrogen-bond acceptors (Lipinski definition) is 3. The molecule has 0 aromatic rings. The van der Waals surface area contributed by atoms with E-state index in [0.29, 0.717) is 13.2 Å². The largest absolute Gasteiger partial charge is 0.372 e. The molecule has 1 unspecified atom stereocenters. The third kappa shape index (κ3) is 2.77. The highest BCUT2D eigenvalue weighted by molar-refractivity contribution is 4.75. The minimum atomic E-state index is -0.0930. The minimum absolute atomic E-state index is 0.0930. The summed E-state index contributed by atoms with van der Waals surface area (Å²) in [5, 5.41) is 3.06. The van der Waals surface area contributed by atoms with Gasteiger partial charge in [0.1, 0.15) is 0 Å². The number of rotatable bonds is 2. The maximum Gasteiger partial charge on any atom is 0.0934 e. The van der Waals surface area contributed by atoms with E-state index in [2.05, 4.69) is 5.32 Å². The lowest BCUT2D eigenvalue weighted by Gasteiger charge is -2.34. The molecule has 0 radical (unpaired) electrons. The van der Waals surface area contributed by atoms with E-state index >= 15 is 0 Å². The van der Waals surface area contributed by atoms with E-state index in [1.807, 2.05) is 20.9 Å². The Labute approximate surface area is 68.1 Å². The van der Waals surface area contributed by atoms with Crippen LogP contribution >= 0.6 is 0 Å². The van der Waals surface area contributed by atoms with Crippen molar-refractivity contribution in [2.45, 2.75) is 25.6 Å². The van der Waals surface area contributed by atoms with Gasteiger partial charge in [-0.2, -0.15) is 0 Å². The van der Waals surface area contributed by atoms with Crippen molar-refractivity contribution >= 4 is 0 Å². The summed E-state index contributed by atoms with van der Waals surface area (Å²) >= 11 is 0. The standard InChI is InChI=1S/C8H17NO2/c1-8(2)6-10-7(4-9-3)5-11-8/h7,9H,4-6H2,1-3H3. The van der Waals surface area contributed by atoms with Gasteiger partial charge in [0.15, 0.2) is 0 Å². The molecule has 1 aliphatic rings. The van der Waals surface area contributed by atoms with Crippen LogP contribution in [0, 0.1) is 0 Å². The van der Waals surface area contributed by atoms with E-state index in [-0.39, 0.29) is 11.7 Å². The van der Waals surface area contributed by atoms with Gasteiger partial charge in [-0.3, -0.25) is 0 Å². The summed E-state index contributed by atoms with van der Waals surface area (Å²) < 4.78 is 11.1. The molecule has 0 aromatic heterocycles. The summed E-state index contributed by atoms with van der Waals surface area (Å²) in [5.41, 5.74) is -0.0930. The van der Waals surface area contributed by atoms with Crippen molar-refractivity contribution in [1.82, 2.24) is 5.32 Å². The zero-order valence-electron chi connectivity index (χ0n) is 7.52. The Morgan fingerprint density at radius 3 is 2.73 bits per heavy atom. The number of hydrogen-bond donors (Lipinski definition) is 1. The van der Waals surface area contributed by atoms with Gasteiger partial charge in [0.25, 0.3) is 0 Å². The summed E-state index contributed by atoms with van der Waals surface area (Å²) in [6.07, 6.45) is 0.230. The van der Waals surface area contributed by atoms with E-state index in [9.17, 15) is 0 Å². The molecule has 1 heterocycles. The quantitative estimate of drug-likeness (QED) is 0.632. The molecule has 0 amide bonds. The highest BCUT2D eigenvalue weighted by Gasteiger charge is 2.27. The van der Waals surface area contributed by atoms with E-state index in [4.69, 9.17) is 9.47 Å². The van der Waals surface area contributed by atoms with Gasteiger partial charge in [0.05, 0.1) is 24.9 Å². The average molecular weight is 159 g/mol. The van der Waals surface area contributed by atoms with Gasteiger partial charge < -0.3 is 14.8 Å². The Balaban J connectivity index is 2.25. The van der Waals surface area contributed by atoms with Crippen LogP contribution in [-0.2, 0) is 9.47 Å². The van der Waals surface area contributed by atoms with Crippen LogP contribution in [0.3, 0.4) is 0 Å². The lowest BCUT2D eigenvalue weighted by atomic mass is 10.1. The van der Waals surface area contributed by atoms with Gasteiger partial charge >= 0.3 is 0 Å². The van der Waals surface area contributed by atoms with Gasteiger partial charge in [-0.25, -0.2) is 0 Å². The second kappa shape index (κ2) is 3.52. The molecule has 0 bridgehead atoms. The van der Waals surface area contributed by atoms with E-state index in [0.717, 1.165) is 6.54 Å². The normalized spacial score (nSPS) is 30.3. The third-order valence-corrected chi connectivity index (χ3v) is 1.76.